The van der Waals surface area contributed by atoms with E-state index in [-0.39, 0.29) is 0 Å². The second-order valence-electron chi connectivity index (χ2n) is 6.35. The summed E-state index contributed by atoms with van der Waals surface area (Å²) in [5.41, 5.74) is 2.45. The highest BCUT2D eigenvalue weighted by atomic mass is 15.4. The molecule has 0 unspecified atom stereocenters. The van der Waals surface area contributed by atoms with Crippen LogP contribution in [-0.4, -0.2) is 34.3 Å². The molecule has 4 heterocycles. The summed E-state index contributed by atoms with van der Waals surface area (Å²) in [6.45, 7) is 4.41. The van der Waals surface area contributed by atoms with Crippen LogP contribution >= 0.6 is 0 Å². The van der Waals surface area contributed by atoms with Gasteiger partial charge in [0.25, 0.3) is 0 Å². The lowest BCUT2D eigenvalue weighted by atomic mass is 10.1. The summed E-state index contributed by atoms with van der Waals surface area (Å²) in [4.78, 5) is 13.2. The molecule has 4 aromatic heterocycles. The Kier molecular flexibility index (Phi) is 3.97. The average molecular weight is 333 g/mol. The van der Waals surface area contributed by atoms with Gasteiger partial charge in [-0.05, 0) is 30.5 Å². The molecule has 4 rings (SSSR count). The minimum Gasteiger partial charge on any atom is -0.265 e. The van der Waals surface area contributed by atoms with Gasteiger partial charge in [0, 0.05) is 37.3 Å². The molecule has 7 nitrogen and oxygen atoms in total. The normalized spacial score (nSPS) is 11.5. The van der Waals surface area contributed by atoms with Crippen molar-refractivity contribution in [3.8, 4) is 17.2 Å². The molecule has 0 spiro atoms. The molecule has 0 aliphatic carbocycles. The van der Waals surface area contributed by atoms with Crippen molar-refractivity contribution in [2.45, 2.75) is 26.7 Å². The van der Waals surface area contributed by atoms with Gasteiger partial charge in [-0.3, -0.25) is 4.98 Å². The lowest BCUT2D eigenvalue weighted by molar-refractivity contribution is 0.574. The molecule has 0 aliphatic rings. The van der Waals surface area contributed by atoms with Gasteiger partial charge in [0.15, 0.2) is 17.3 Å². The Hall–Kier alpha value is -3.09. The van der Waals surface area contributed by atoms with Crippen LogP contribution in [0.2, 0.25) is 0 Å². The zero-order valence-corrected chi connectivity index (χ0v) is 14.2. The Morgan fingerprint density at radius 1 is 1.08 bits per heavy atom. The van der Waals surface area contributed by atoms with Gasteiger partial charge in [-0.15, -0.1) is 0 Å². The Morgan fingerprint density at radius 3 is 2.68 bits per heavy atom. The number of nitrogens with zero attached hydrogens (tertiary/aromatic N) is 7. The van der Waals surface area contributed by atoms with Gasteiger partial charge in [-0.25, -0.2) is 19.2 Å². The number of aryl methyl sites for hydroxylation is 1. The highest BCUT2D eigenvalue weighted by molar-refractivity contribution is 5.59. The first-order chi connectivity index (χ1) is 12.2. The minimum absolute atomic E-state index is 0.607. The first kappa shape index (κ1) is 15.4. The first-order valence-electron chi connectivity index (χ1n) is 8.38. The summed E-state index contributed by atoms with van der Waals surface area (Å²) < 4.78 is 3.58. The second-order valence-corrected chi connectivity index (χ2v) is 6.35. The van der Waals surface area contributed by atoms with Crippen LogP contribution in [-0.2, 0) is 6.42 Å². The Morgan fingerprint density at radius 2 is 1.92 bits per heavy atom. The molecular formula is C18H19N7. The van der Waals surface area contributed by atoms with Crippen molar-refractivity contribution in [3.05, 3.63) is 54.9 Å². The molecule has 0 aliphatic heterocycles. The van der Waals surface area contributed by atoms with Crippen LogP contribution in [0.3, 0.4) is 0 Å². The highest BCUT2D eigenvalue weighted by Gasteiger charge is 2.17. The van der Waals surface area contributed by atoms with E-state index in [4.69, 9.17) is 10.1 Å². The maximum Gasteiger partial charge on any atom is 0.183 e. The van der Waals surface area contributed by atoms with Crippen molar-refractivity contribution >= 4 is 5.65 Å². The molecule has 0 amide bonds. The number of aromatic nitrogens is 7. The maximum atomic E-state index is 4.75. The van der Waals surface area contributed by atoms with E-state index in [1.165, 1.54) is 0 Å². The van der Waals surface area contributed by atoms with Crippen molar-refractivity contribution in [3.63, 3.8) is 0 Å². The van der Waals surface area contributed by atoms with Crippen molar-refractivity contribution in [2.24, 2.45) is 5.92 Å². The predicted octanol–water partition coefficient (Wildman–Crippen LogP) is 2.96. The zero-order valence-electron chi connectivity index (χ0n) is 14.2. The molecule has 0 saturated heterocycles. The second kappa shape index (κ2) is 6.43. The highest BCUT2D eigenvalue weighted by Crippen LogP contribution is 2.21. The van der Waals surface area contributed by atoms with Crippen LogP contribution in [0.25, 0.3) is 22.9 Å². The number of rotatable bonds is 5. The van der Waals surface area contributed by atoms with E-state index in [0.717, 1.165) is 41.5 Å². The third kappa shape index (κ3) is 3.13. The summed E-state index contributed by atoms with van der Waals surface area (Å²) in [5, 5.41) is 9.30. The van der Waals surface area contributed by atoms with Crippen LogP contribution in [0.5, 0.6) is 0 Å². The molecule has 7 heteroatoms. The molecule has 0 radical (unpaired) electrons. The molecule has 0 aromatic carbocycles. The van der Waals surface area contributed by atoms with Crippen LogP contribution in [0.1, 0.15) is 26.1 Å². The Labute approximate surface area is 145 Å². The fourth-order valence-corrected chi connectivity index (χ4v) is 2.65. The number of pyridine rings is 1. The first-order valence-corrected chi connectivity index (χ1v) is 8.38. The Bertz CT molecular complexity index is 952. The molecule has 0 saturated carbocycles. The molecule has 0 atom stereocenters. The topological polar surface area (TPSA) is 73.8 Å². The van der Waals surface area contributed by atoms with Crippen molar-refractivity contribution in [1.82, 2.24) is 34.3 Å². The van der Waals surface area contributed by atoms with Crippen LogP contribution in [0, 0.1) is 5.92 Å². The van der Waals surface area contributed by atoms with Gasteiger partial charge in [-0.1, -0.05) is 13.8 Å². The molecule has 126 valence electrons. The van der Waals surface area contributed by atoms with Crippen LogP contribution < -0.4 is 0 Å². The molecule has 25 heavy (non-hydrogen) atoms. The van der Waals surface area contributed by atoms with Gasteiger partial charge in [-0.2, -0.15) is 10.2 Å². The van der Waals surface area contributed by atoms with Gasteiger partial charge >= 0.3 is 0 Å². The fraction of sp³-hybridized carbons (Fsp3) is 0.278. The summed E-state index contributed by atoms with van der Waals surface area (Å²) >= 11 is 0. The van der Waals surface area contributed by atoms with Gasteiger partial charge in [0.2, 0.25) is 0 Å². The molecular weight excluding hydrogens is 314 g/mol. The van der Waals surface area contributed by atoms with Crippen LogP contribution in [0.15, 0.2) is 49.1 Å². The number of fused-ring (bicyclic) bond motifs is 1. The van der Waals surface area contributed by atoms with Gasteiger partial charge in [0.05, 0.1) is 5.69 Å². The lowest BCUT2D eigenvalue weighted by Crippen LogP contribution is -2.01. The molecule has 0 bridgehead atoms. The van der Waals surface area contributed by atoms with Crippen molar-refractivity contribution in [2.75, 3.05) is 0 Å². The molecule has 4 aromatic rings. The SMILES string of the molecule is CC(C)CCc1nc(-c2cc3ncccn3n2)n(-c2ccncc2)n1. The third-order valence-corrected chi connectivity index (χ3v) is 3.97. The van der Waals surface area contributed by atoms with E-state index in [1.807, 2.05) is 35.1 Å². The van der Waals surface area contributed by atoms with E-state index in [9.17, 15) is 0 Å². The summed E-state index contributed by atoms with van der Waals surface area (Å²) in [7, 11) is 0. The minimum atomic E-state index is 0.607. The summed E-state index contributed by atoms with van der Waals surface area (Å²) in [6.07, 6.45) is 9.02. The number of hydrogen-bond donors (Lipinski definition) is 0. The van der Waals surface area contributed by atoms with Crippen molar-refractivity contribution in [1.29, 1.82) is 0 Å². The Balaban J connectivity index is 1.81. The quantitative estimate of drug-likeness (QED) is 0.561. The summed E-state index contributed by atoms with van der Waals surface area (Å²) in [5.74, 6) is 2.15. The smallest absolute Gasteiger partial charge is 0.183 e. The zero-order chi connectivity index (χ0) is 17.2. The van der Waals surface area contributed by atoms with E-state index >= 15 is 0 Å². The fourth-order valence-electron chi connectivity index (χ4n) is 2.65. The van der Waals surface area contributed by atoms with Gasteiger partial charge in [0.1, 0.15) is 5.69 Å². The molecule has 0 N–H and O–H groups in total. The summed E-state index contributed by atoms with van der Waals surface area (Å²) in [6, 6.07) is 7.61. The standard InChI is InChI=1S/C18H19N7/c1-13(2)4-5-16-21-18(25(23-16)14-6-9-19-10-7-14)15-12-17-20-8-3-11-24(17)22-15/h3,6-13H,4-5H2,1-2H3. The van der Waals surface area contributed by atoms with E-state index in [0.29, 0.717) is 5.92 Å². The van der Waals surface area contributed by atoms with Crippen LogP contribution in [0.4, 0.5) is 0 Å². The molecule has 0 fully saturated rings. The average Bonchev–Trinajstić information content (AvgIpc) is 3.24. The third-order valence-electron chi connectivity index (χ3n) is 3.97. The van der Waals surface area contributed by atoms with E-state index < -0.39 is 0 Å². The van der Waals surface area contributed by atoms with Gasteiger partial charge < -0.3 is 0 Å². The van der Waals surface area contributed by atoms with E-state index in [2.05, 4.69) is 28.9 Å². The predicted molar refractivity (Wildman–Crippen MR) is 94.3 cm³/mol. The number of hydrogen-bond acceptors (Lipinski definition) is 5. The largest absolute Gasteiger partial charge is 0.265 e. The maximum absolute atomic E-state index is 4.75. The van der Waals surface area contributed by atoms with E-state index in [1.54, 1.807) is 23.1 Å². The lowest BCUT2D eigenvalue weighted by Gasteiger charge is -2.02. The monoisotopic (exact) mass is 333 g/mol. The van der Waals surface area contributed by atoms with Crippen molar-refractivity contribution < 1.29 is 0 Å².